The summed E-state index contributed by atoms with van der Waals surface area (Å²) in [5.74, 6) is 0.799. The summed E-state index contributed by atoms with van der Waals surface area (Å²) in [5.41, 5.74) is 3.63. The highest BCUT2D eigenvalue weighted by Gasteiger charge is 2.30. The van der Waals surface area contributed by atoms with Gasteiger partial charge in [0.25, 0.3) is 5.91 Å². The quantitative estimate of drug-likeness (QED) is 0.807. The number of carbonyl (C=O) groups is 1. The van der Waals surface area contributed by atoms with E-state index in [4.69, 9.17) is 4.74 Å². The lowest BCUT2D eigenvalue weighted by Crippen LogP contribution is -2.41. The van der Waals surface area contributed by atoms with Crippen LogP contribution in [0.2, 0.25) is 0 Å². The monoisotopic (exact) mass is 337 g/mol. The fourth-order valence-electron chi connectivity index (χ4n) is 3.25. The maximum absolute atomic E-state index is 13.0. The SMILES string of the molecule is CCC(Oc1ccc(C(C)(C)C)cc1)C(=O)N1CCc2ccccc21. The second-order valence-corrected chi connectivity index (χ2v) is 7.66. The summed E-state index contributed by atoms with van der Waals surface area (Å²) in [4.78, 5) is 14.8. The van der Waals surface area contributed by atoms with Gasteiger partial charge in [-0.15, -0.1) is 0 Å². The van der Waals surface area contributed by atoms with E-state index in [-0.39, 0.29) is 11.3 Å². The summed E-state index contributed by atoms with van der Waals surface area (Å²) in [6.45, 7) is 9.29. The van der Waals surface area contributed by atoms with Gasteiger partial charge in [-0.05, 0) is 47.6 Å². The van der Waals surface area contributed by atoms with E-state index in [0.29, 0.717) is 6.42 Å². The largest absolute Gasteiger partial charge is 0.481 e. The van der Waals surface area contributed by atoms with E-state index in [2.05, 4.69) is 39.0 Å². The fraction of sp³-hybridized carbons (Fsp3) is 0.409. The van der Waals surface area contributed by atoms with Crippen molar-refractivity contribution in [3.8, 4) is 5.75 Å². The third-order valence-corrected chi connectivity index (χ3v) is 4.80. The van der Waals surface area contributed by atoms with Gasteiger partial charge in [-0.2, -0.15) is 0 Å². The van der Waals surface area contributed by atoms with Gasteiger partial charge in [0.15, 0.2) is 6.10 Å². The number of hydrogen-bond donors (Lipinski definition) is 0. The molecule has 1 atom stereocenters. The predicted octanol–water partition coefficient (Wildman–Crippen LogP) is 4.73. The molecule has 0 fully saturated rings. The zero-order chi connectivity index (χ0) is 18.0. The molecule has 0 aromatic heterocycles. The third-order valence-electron chi connectivity index (χ3n) is 4.80. The molecule has 3 heteroatoms. The Hall–Kier alpha value is -2.29. The second-order valence-electron chi connectivity index (χ2n) is 7.66. The van der Waals surface area contributed by atoms with Crippen molar-refractivity contribution in [2.24, 2.45) is 0 Å². The number of ether oxygens (including phenoxy) is 1. The summed E-state index contributed by atoms with van der Waals surface area (Å²) >= 11 is 0. The van der Waals surface area contributed by atoms with Crippen LogP contribution < -0.4 is 9.64 Å². The van der Waals surface area contributed by atoms with E-state index in [1.165, 1.54) is 11.1 Å². The van der Waals surface area contributed by atoms with Crippen molar-refractivity contribution >= 4 is 11.6 Å². The number of anilines is 1. The molecule has 132 valence electrons. The number of carbonyl (C=O) groups excluding carboxylic acids is 1. The number of hydrogen-bond acceptors (Lipinski definition) is 2. The number of para-hydroxylation sites is 1. The van der Waals surface area contributed by atoms with Crippen molar-refractivity contribution in [1.29, 1.82) is 0 Å². The highest BCUT2D eigenvalue weighted by atomic mass is 16.5. The third kappa shape index (κ3) is 3.71. The second kappa shape index (κ2) is 6.91. The van der Waals surface area contributed by atoms with Crippen molar-refractivity contribution in [3.63, 3.8) is 0 Å². The van der Waals surface area contributed by atoms with Gasteiger partial charge in [-0.1, -0.05) is 58.0 Å². The summed E-state index contributed by atoms with van der Waals surface area (Å²) in [6, 6.07) is 16.2. The molecule has 2 aromatic carbocycles. The molecule has 2 aromatic rings. The Morgan fingerprint density at radius 1 is 1.12 bits per heavy atom. The lowest BCUT2D eigenvalue weighted by atomic mass is 9.87. The first-order chi connectivity index (χ1) is 11.9. The van der Waals surface area contributed by atoms with Gasteiger partial charge in [0.2, 0.25) is 0 Å². The molecule has 1 unspecified atom stereocenters. The molecule has 0 aliphatic carbocycles. The molecule has 25 heavy (non-hydrogen) atoms. The van der Waals surface area contributed by atoms with E-state index in [0.717, 1.165) is 24.4 Å². The molecule has 3 rings (SSSR count). The summed E-state index contributed by atoms with van der Waals surface area (Å²) in [6.07, 6.45) is 1.11. The van der Waals surface area contributed by atoms with Crippen molar-refractivity contribution in [2.45, 2.75) is 52.1 Å². The van der Waals surface area contributed by atoms with Gasteiger partial charge in [-0.25, -0.2) is 0 Å². The number of benzene rings is 2. The Morgan fingerprint density at radius 3 is 2.44 bits per heavy atom. The van der Waals surface area contributed by atoms with Gasteiger partial charge in [0.1, 0.15) is 5.75 Å². The smallest absolute Gasteiger partial charge is 0.268 e. The summed E-state index contributed by atoms with van der Waals surface area (Å²) in [7, 11) is 0. The molecule has 0 bridgehead atoms. The lowest BCUT2D eigenvalue weighted by Gasteiger charge is -2.24. The van der Waals surface area contributed by atoms with Crippen molar-refractivity contribution in [3.05, 3.63) is 59.7 Å². The van der Waals surface area contributed by atoms with Crippen LogP contribution in [0.15, 0.2) is 48.5 Å². The van der Waals surface area contributed by atoms with Crippen molar-refractivity contribution in [2.75, 3.05) is 11.4 Å². The molecule has 1 aliphatic rings. The average molecular weight is 337 g/mol. The zero-order valence-electron chi connectivity index (χ0n) is 15.6. The molecule has 0 saturated carbocycles. The molecule has 1 heterocycles. The standard InChI is InChI=1S/C22H27NO2/c1-5-20(25-18-12-10-17(11-13-18)22(2,3)4)21(24)23-15-14-16-8-6-7-9-19(16)23/h6-13,20H,5,14-15H2,1-4H3. The van der Waals surface area contributed by atoms with E-state index in [1.807, 2.05) is 42.2 Å². The van der Waals surface area contributed by atoms with Gasteiger partial charge in [0.05, 0.1) is 0 Å². The Labute approximate surface area is 150 Å². The molecule has 0 spiro atoms. The molecule has 0 radical (unpaired) electrons. The van der Waals surface area contributed by atoms with Crippen LogP contribution in [-0.4, -0.2) is 18.6 Å². The Balaban J connectivity index is 1.74. The summed E-state index contributed by atoms with van der Waals surface area (Å²) < 4.78 is 6.03. The van der Waals surface area contributed by atoms with Crippen LogP contribution >= 0.6 is 0 Å². The first-order valence-electron chi connectivity index (χ1n) is 9.06. The average Bonchev–Trinajstić information content (AvgIpc) is 3.03. The highest BCUT2D eigenvalue weighted by Crippen LogP contribution is 2.29. The molecule has 1 aliphatic heterocycles. The molecular weight excluding hydrogens is 310 g/mol. The van der Waals surface area contributed by atoms with Crippen molar-refractivity contribution in [1.82, 2.24) is 0 Å². The maximum Gasteiger partial charge on any atom is 0.268 e. The van der Waals surface area contributed by atoms with Crippen molar-refractivity contribution < 1.29 is 9.53 Å². The Morgan fingerprint density at radius 2 is 1.80 bits per heavy atom. The fourth-order valence-corrected chi connectivity index (χ4v) is 3.25. The van der Waals surface area contributed by atoms with E-state index < -0.39 is 6.10 Å². The van der Waals surface area contributed by atoms with Crippen LogP contribution in [0.3, 0.4) is 0 Å². The van der Waals surface area contributed by atoms with Gasteiger partial charge >= 0.3 is 0 Å². The van der Waals surface area contributed by atoms with Gasteiger partial charge < -0.3 is 9.64 Å². The molecular formula is C22H27NO2. The first-order valence-corrected chi connectivity index (χ1v) is 9.06. The number of fused-ring (bicyclic) bond motifs is 1. The van der Waals surface area contributed by atoms with Crippen LogP contribution in [0.5, 0.6) is 5.75 Å². The minimum Gasteiger partial charge on any atom is -0.481 e. The minimum atomic E-state index is -0.452. The molecule has 0 saturated heterocycles. The summed E-state index contributed by atoms with van der Waals surface area (Å²) in [5, 5.41) is 0. The van der Waals surface area contributed by atoms with Gasteiger partial charge in [-0.3, -0.25) is 4.79 Å². The van der Waals surface area contributed by atoms with E-state index >= 15 is 0 Å². The normalized spacial score (nSPS) is 15.0. The van der Waals surface area contributed by atoms with Gasteiger partial charge in [0, 0.05) is 12.2 Å². The Bertz CT molecular complexity index is 743. The highest BCUT2D eigenvalue weighted by molar-refractivity contribution is 5.98. The first kappa shape index (κ1) is 17.5. The molecule has 1 amide bonds. The number of amides is 1. The number of rotatable bonds is 4. The van der Waals surface area contributed by atoms with Crippen LogP contribution in [0.4, 0.5) is 5.69 Å². The molecule has 3 nitrogen and oxygen atoms in total. The predicted molar refractivity (Wildman–Crippen MR) is 102 cm³/mol. The van der Waals surface area contributed by atoms with E-state index in [9.17, 15) is 4.79 Å². The topological polar surface area (TPSA) is 29.5 Å². The van der Waals surface area contributed by atoms with Crippen LogP contribution in [0.25, 0.3) is 0 Å². The number of nitrogens with zero attached hydrogens (tertiary/aromatic N) is 1. The maximum atomic E-state index is 13.0. The minimum absolute atomic E-state index is 0.0485. The Kier molecular flexibility index (Phi) is 4.85. The zero-order valence-corrected chi connectivity index (χ0v) is 15.6. The lowest BCUT2D eigenvalue weighted by molar-refractivity contribution is -0.125. The van der Waals surface area contributed by atoms with Crippen LogP contribution in [0, 0.1) is 0 Å². The van der Waals surface area contributed by atoms with Crippen LogP contribution in [-0.2, 0) is 16.6 Å². The van der Waals surface area contributed by atoms with Crippen LogP contribution in [0.1, 0.15) is 45.2 Å². The molecule has 0 N–H and O–H groups in total. The van der Waals surface area contributed by atoms with E-state index in [1.54, 1.807) is 0 Å².